The van der Waals surface area contributed by atoms with Crippen molar-refractivity contribution in [3.05, 3.63) is 33.8 Å². The molecule has 0 bridgehead atoms. The molecule has 18 heavy (non-hydrogen) atoms. The summed E-state index contributed by atoms with van der Waals surface area (Å²) < 4.78 is 4.87. The molecule has 0 heterocycles. The monoisotopic (exact) mass is 305 g/mol. The summed E-state index contributed by atoms with van der Waals surface area (Å²) in [6, 6.07) is 5.25. The van der Waals surface area contributed by atoms with Gasteiger partial charge in [0.25, 0.3) is 0 Å². The zero-order valence-corrected chi connectivity index (χ0v) is 12.1. The Hall–Kier alpha value is -0.880. The number of hydrogen-bond acceptors (Lipinski definition) is 3. The molecule has 0 aliphatic heterocycles. The van der Waals surface area contributed by atoms with Crippen molar-refractivity contribution in [1.29, 1.82) is 0 Å². The second-order valence-electron chi connectivity index (χ2n) is 3.25. The number of ether oxygens (including phenoxy) is 1. The second-order valence-corrected chi connectivity index (χ2v) is 4.48. The molecule has 1 aromatic rings. The van der Waals surface area contributed by atoms with E-state index in [1.165, 1.54) is 6.21 Å². The van der Waals surface area contributed by atoms with Crippen molar-refractivity contribution in [3.8, 4) is 0 Å². The summed E-state index contributed by atoms with van der Waals surface area (Å²) >= 11 is 16.9. The number of nitrogens with one attached hydrogen (secondary N) is 2. The first kappa shape index (κ1) is 15.2. The maximum atomic E-state index is 5.98. The van der Waals surface area contributed by atoms with E-state index in [0.29, 0.717) is 33.9 Å². The van der Waals surface area contributed by atoms with Gasteiger partial charge in [-0.2, -0.15) is 5.10 Å². The van der Waals surface area contributed by atoms with Crippen LogP contribution in [-0.4, -0.2) is 31.6 Å². The summed E-state index contributed by atoms with van der Waals surface area (Å²) in [7, 11) is 1.62. The van der Waals surface area contributed by atoms with Crippen molar-refractivity contribution in [2.45, 2.75) is 0 Å². The van der Waals surface area contributed by atoms with Crippen LogP contribution in [0.4, 0.5) is 0 Å². The van der Waals surface area contributed by atoms with Gasteiger partial charge in [-0.05, 0) is 24.4 Å². The molecule has 1 aromatic carbocycles. The highest BCUT2D eigenvalue weighted by Crippen LogP contribution is 2.21. The first-order valence-corrected chi connectivity index (χ1v) is 6.31. The van der Waals surface area contributed by atoms with E-state index in [-0.39, 0.29) is 0 Å². The number of hydrazone groups is 1. The second kappa shape index (κ2) is 8.26. The molecule has 0 aliphatic rings. The maximum absolute atomic E-state index is 5.98. The largest absolute Gasteiger partial charge is 0.383 e. The summed E-state index contributed by atoms with van der Waals surface area (Å²) in [5, 5.41) is 8.34. The molecule has 0 saturated carbocycles. The van der Waals surface area contributed by atoms with Crippen LogP contribution in [0.25, 0.3) is 0 Å². The standard InChI is InChI=1S/C11H13Cl2N3OS/c1-17-6-5-14-11(18)16-15-7-8-9(12)3-2-4-10(8)13/h2-4,7H,5-6H2,1H3,(H2,14,16,18). The fraction of sp³-hybridized carbons (Fsp3) is 0.273. The lowest BCUT2D eigenvalue weighted by molar-refractivity contribution is 0.204. The van der Waals surface area contributed by atoms with Gasteiger partial charge in [-0.3, -0.25) is 5.43 Å². The number of rotatable bonds is 5. The molecule has 98 valence electrons. The zero-order chi connectivity index (χ0) is 13.4. The van der Waals surface area contributed by atoms with E-state index in [2.05, 4.69) is 15.8 Å². The van der Waals surface area contributed by atoms with Crippen molar-refractivity contribution in [1.82, 2.24) is 10.7 Å². The van der Waals surface area contributed by atoms with Crippen LogP contribution in [-0.2, 0) is 4.74 Å². The number of halogens is 2. The molecule has 0 fully saturated rings. The van der Waals surface area contributed by atoms with Crippen molar-refractivity contribution in [3.63, 3.8) is 0 Å². The molecule has 0 spiro atoms. The van der Waals surface area contributed by atoms with Gasteiger partial charge in [-0.25, -0.2) is 0 Å². The van der Waals surface area contributed by atoms with E-state index in [1.54, 1.807) is 25.3 Å². The number of nitrogens with zero attached hydrogens (tertiary/aromatic N) is 1. The molecule has 0 unspecified atom stereocenters. The van der Waals surface area contributed by atoms with E-state index in [0.717, 1.165) is 0 Å². The Balaban J connectivity index is 2.47. The Morgan fingerprint density at radius 3 is 2.72 bits per heavy atom. The minimum Gasteiger partial charge on any atom is -0.383 e. The summed E-state index contributed by atoms with van der Waals surface area (Å²) in [5.41, 5.74) is 3.31. The molecule has 2 N–H and O–H groups in total. The third-order valence-electron chi connectivity index (χ3n) is 1.95. The zero-order valence-electron chi connectivity index (χ0n) is 9.74. The number of hydrogen-bond donors (Lipinski definition) is 2. The van der Waals surface area contributed by atoms with Crippen LogP contribution >= 0.6 is 35.4 Å². The predicted molar refractivity (Wildman–Crippen MR) is 79.7 cm³/mol. The fourth-order valence-corrected chi connectivity index (χ4v) is 1.75. The van der Waals surface area contributed by atoms with Crippen LogP contribution < -0.4 is 10.7 Å². The molecular formula is C11H13Cl2N3OS. The average Bonchev–Trinajstić information content (AvgIpc) is 2.33. The lowest BCUT2D eigenvalue weighted by Crippen LogP contribution is -2.34. The van der Waals surface area contributed by atoms with E-state index in [9.17, 15) is 0 Å². The predicted octanol–water partition coefficient (Wildman–Crippen LogP) is 2.44. The highest BCUT2D eigenvalue weighted by Gasteiger charge is 2.01. The van der Waals surface area contributed by atoms with E-state index < -0.39 is 0 Å². The number of benzene rings is 1. The Labute approximate surface area is 121 Å². The molecule has 0 aromatic heterocycles. The summed E-state index contributed by atoms with van der Waals surface area (Å²) in [5.74, 6) is 0. The van der Waals surface area contributed by atoms with Crippen LogP contribution in [0.2, 0.25) is 10.0 Å². The fourth-order valence-electron chi connectivity index (χ4n) is 1.10. The smallest absolute Gasteiger partial charge is 0.187 e. The highest BCUT2D eigenvalue weighted by molar-refractivity contribution is 7.80. The summed E-state index contributed by atoms with van der Waals surface area (Å²) in [6.07, 6.45) is 1.52. The highest BCUT2D eigenvalue weighted by atomic mass is 35.5. The third kappa shape index (κ3) is 5.18. The van der Waals surface area contributed by atoms with Crippen molar-refractivity contribution in [2.24, 2.45) is 5.10 Å². The normalized spacial score (nSPS) is 10.6. The molecule has 7 heteroatoms. The number of methoxy groups -OCH3 is 1. The minimum atomic E-state index is 0.409. The molecule has 0 atom stereocenters. The Bertz CT molecular complexity index is 420. The van der Waals surface area contributed by atoms with Crippen molar-refractivity contribution >= 4 is 46.7 Å². The molecule has 0 amide bonds. The van der Waals surface area contributed by atoms with Crippen LogP contribution in [0.15, 0.2) is 23.3 Å². The van der Waals surface area contributed by atoms with Crippen molar-refractivity contribution < 1.29 is 4.74 Å². The van der Waals surface area contributed by atoms with Gasteiger partial charge in [0.15, 0.2) is 5.11 Å². The first-order chi connectivity index (χ1) is 8.65. The molecule has 1 rings (SSSR count). The lowest BCUT2D eigenvalue weighted by atomic mass is 10.2. The molecule has 0 saturated heterocycles. The number of thiocarbonyl (C=S) groups is 1. The molecular weight excluding hydrogens is 293 g/mol. The van der Waals surface area contributed by atoms with Gasteiger partial charge >= 0.3 is 0 Å². The van der Waals surface area contributed by atoms with Crippen LogP contribution in [0, 0.1) is 0 Å². The van der Waals surface area contributed by atoms with Crippen LogP contribution in [0.3, 0.4) is 0 Å². The van der Waals surface area contributed by atoms with Gasteiger partial charge < -0.3 is 10.1 Å². The lowest BCUT2D eigenvalue weighted by Gasteiger charge is -2.06. The molecule has 0 radical (unpaired) electrons. The first-order valence-electron chi connectivity index (χ1n) is 5.15. The van der Waals surface area contributed by atoms with E-state index in [4.69, 9.17) is 40.2 Å². The van der Waals surface area contributed by atoms with Gasteiger partial charge in [0.05, 0.1) is 22.9 Å². The van der Waals surface area contributed by atoms with Gasteiger partial charge in [0.1, 0.15) is 0 Å². The van der Waals surface area contributed by atoms with Gasteiger partial charge in [-0.15, -0.1) is 0 Å². The summed E-state index contributed by atoms with van der Waals surface area (Å²) in [4.78, 5) is 0. The van der Waals surface area contributed by atoms with E-state index >= 15 is 0 Å². The molecule has 4 nitrogen and oxygen atoms in total. The Kier molecular flexibility index (Phi) is 6.97. The Morgan fingerprint density at radius 2 is 2.11 bits per heavy atom. The third-order valence-corrected chi connectivity index (χ3v) is 2.85. The summed E-state index contributed by atoms with van der Waals surface area (Å²) in [6.45, 7) is 1.19. The maximum Gasteiger partial charge on any atom is 0.187 e. The van der Waals surface area contributed by atoms with Crippen LogP contribution in [0.1, 0.15) is 5.56 Å². The quantitative estimate of drug-likeness (QED) is 0.380. The van der Waals surface area contributed by atoms with Gasteiger partial charge in [0.2, 0.25) is 0 Å². The average molecular weight is 306 g/mol. The van der Waals surface area contributed by atoms with Crippen LogP contribution in [0.5, 0.6) is 0 Å². The SMILES string of the molecule is COCCNC(=S)NN=Cc1c(Cl)cccc1Cl. The van der Waals surface area contributed by atoms with Gasteiger partial charge in [0, 0.05) is 19.2 Å². The topological polar surface area (TPSA) is 45.6 Å². The minimum absolute atomic E-state index is 0.409. The molecule has 0 aliphatic carbocycles. The Morgan fingerprint density at radius 1 is 1.44 bits per heavy atom. The van der Waals surface area contributed by atoms with Gasteiger partial charge in [-0.1, -0.05) is 29.3 Å². The van der Waals surface area contributed by atoms with E-state index in [1.807, 2.05) is 0 Å². The van der Waals surface area contributed by atoms with Crippen molar-refractivity contribution in [2.75, 3.05) is 20.3 Å².